The van der Waals surface area contributed by atoms with Gasteiger partial charge in [-0.3, -0.25) is 14.6 Å². The molecule has 0 fully saturated rings. The molecule has 1 aromatic heterocycles. The van der Waals surface area contributed by atoms with Crippen molar-refractivity contribution in [1.29, 1.82) is 0 Å². The lowest BCUT2D eigenvalue weighted by molar-refractivity contribution is -0.118. The van der Waals surface area contributed by atoms with Crippen molar-refractivity contribution in [3.05, 3.63) is 43.6 Å². The first kappa shape index (κ1) is 19.5. The molecule has 3 N–H and O–H groups in total. The number of halogens is 1. The minimum absolute atomic E-state index is 0.0355. The molecule has 0 atom stereocenters. The SMILES string of the molecule is COc1ccc(/C=N/NC(=O)CSc2n[nH]c(=O)[nH]c2=O)c(Cl)c1OC. The number of hydrogen-bond donors (Lipinski definition) is 3. The molecule has 138 valence electrons. The van der Waals surface area contributed by atoms with Crippen LogP contribution >= 0.6 is 23.4 Å². The molecule has 2 rings (SSSR count). The maximum absolute atomic E-state index is 11.8. The molecule has 1 amide bonds. The van der Waals surface area contributed by atoms with Crippen LogP contribution in [0.15, 0.2) is 31.8 Å². The van der Waals surface area contributed by atoms with Gasteiger partial charge < -0.3 is 9.47 Å². The Hall–Kier alpha value is -2.79. The van der Waals surface area contributed by atoms with E-state index in [1.807, 2.05) is 4.98 Å². The average molecular weight is 400 g/mol. The molecule has 0 bridgehead atoms. The summed E-state index contributed by atoms with van der Waals surface area (Å²) in [6.07, 6.45) is 1.35. The number of rotatable bonds is 7. The monoisotopic (exact) mass is 399 g/mol. The molecule has 0 saturated heterocycles. The van der Waals surface area contributed by atoms with Crippen molar-refractivity contribution >= 4 is 35.5 Å². The first-order valence-corrected chi connectivity index (χ1v) is 8.36. The number of carbonyl (C=O) groups excluding carboxylic acids is 1. The third-order valence-electron chi connectivity index (χ3n) is 2.93. The van der Waals surface area contributed by atoms with Gasteiger partial charge in [0.1, 0.15) is 0 Å². The minimum Gasteiger partial charge on any atom is -0.493 e. The molecular weight excluding hydrogens is 386 g/mol. The molecule has 0 radical (unpaired) electrons. The first-order valence-electron chi connectivity index (χ1n) is 7.00. The van der Waals surface area contributed by atoms with Crippen molar-refractivity contribution in [2.24, 2.45) is 5.10 Å². The van der Waals surface area contributed by atoms with Crippen LogP contribution in [0.5, 0.6) is 11.5 Å². The van der Waals surface area contributed by atoms with E-state index in [4.69, 9.17) is 21.1 Å². The van der Waals surface area contributed by atoms with Crippen LogP contribution in [0.3, 0.4) is 0 Å². The summed E-state index contributed by atoms with van der Waals surface area (Å²) >= 11 is 7.04. The highest BCUT2D eigenvalue weighted by Gasteiger charge is 2.12. The Labute approximate surface area is 155 Å². The van der Waals surface area contributed by atoms with E-state index in [0.717, 1.165) is 11.8 Å². The maximum Gasteiger partial charge on any atom is 0.342 e. The molecule has 26 heavy (non-hydrogen) atoms. The number of aromatic amines is 2. The summed E-state index contributed by atoms with van der Waals surface area (Å²) in [5.74, 6) is 0.214. The van der Waals surface area contributed by atoms with Gasteiger partial charge in [-0.1, -0.05) is 23.4 Å². The number of H-pyrrole nitrogens is 2. The summed E-state index contributed by atoms with van der Waals surface area (Å²) in [6, 6.07) is 3.30. The van der Waals surface area contributed by atoms with Gasteiger partial charge in [-0.2, -0.15) is 10.2 Å². The second-order valence-electron chi connectivity index (χ2n) is 4.60. The zero-order chi connectivity index (χ0) is 19.1. The van der Waals surface area contributed by atoms with Gasteiger partial charge in [0.2, 0.25) is 5.91 Å². The molecule has 1 aromatic carbocycles. The highest BCUT2D eigenvalue weighted by molar-refractivity contribution is 7.99. The van der Waals surface area contributed by atoms with Crippen LogP contribution < -0.4 is 26.1 Å². The van der Waals surface area contributed by atoms with Gasteiger partial charge in [-0.05, 0) is 12.1 Å². The molecule has 0 saturated carbocycles. The van der Waals surface area contributed by atoms with Gasteiger partial charge in [0, 0.05) is 5.56 Å². The van der Waals surface area contributed by atoms with E-state index in [0.29, 0.717) is 17.1 Å². The number of ether oxygens (including phenoxy) is 2. The Bertz CT molecular complexity index is 942. The number of hydrogen-bond acceptors (Lipinski definition) is 8. The lowest BCUT2D eigenvalue weighted by Gasteiger charge is -2.10. The Morgan fingerprint density at radius 3 is 2.81 bits per heavy atom. The molecule has 10 nitrogen and oxygen atoms in total. The molecule has 12 heteroatoms. The number of methoxy groups -OCH3 is 2. The van der Waals surface area contributed by atoms with E-state index in [-0.39, 0.29) is 15.8 Å². The highest BCUT2D eigenvalue weighted by Crippen LogP contribution is 2.36. The van der Waals surface area contributed by atoms with E-state index < -0.39 is 17.2 Å². The number of hydrazone groups is 1. The fourth-order valence-electron chi connectivity index (χ4n) is 1.78. The van der Waals surface area contributed by atoms with Crippen molar-refractivity contribution in [3.63, 3.8) is 0 Å². The quantitative estimate of drug-likeness (QED) is 0.347. The van der Waals surface area contributed by atoms with Gasteiger partial charge in [-0.25, -0.2) is 15.3 Å². The molecule has 0 aliphatic rings. The number of carbonyl (C=O) groups is 1. The fraction of sp³-hybridized carbons (Fsp3) is 0.214. The number of nitrogens with one attached hydrogen (secondary N) is 3. The largest absolute Gasteiger partial charge is 0.493 e. The molecular formula is C14H14ClN5O5S. The summed E-state index contributed by atoms with van der Waals surface area (Å²) in [7, 11) is 2.94. The predicted molar refractivity (Wildman–Crippen MR) is 96.5 cm³/mol. The summed E-state index contributed by atoms with van der Waals surface area (Å²) in [5.41, 5.74) is 1.41. The second-order valence-corrected chi connectivity index (χ2v) is 5.94. The van der Waals surface area contributed by atoms with Crippen LogP contribution in [0.1, 0.15) is 5.56 Å². The minimum atomic E-state index is -0.722. The molecule has 1 heterocycles. The number of nitrogens with zero attached hydrogens (tertiary/aromatic N) is 2. The number of thioether (sulfide) groups is 1. The Morgan fingerprint density at radius 1 is 1.38 bits per heavy atom. The van der Waals surface area contributed by atoms with E-state index >= 15 is 0 Å². The molecule has 2 aromatic rings. The van der Waals surface area contributed by atoms with Crippen molar-refractivity contribution < 1.29 is 14.3 Å². The Balaban J connectivity index is 1.96. The Morgan fingerprint density at radius 2 is 2.15 bits per heavy atom. The Kier molecular flexibility index (Phi) is 6.81. The van der Waals surface area contributed by atoms with E-state index in [1.165, 1.54) is 20.4 Å². The van der Waals surface area contributed by atoms with Crippen LogP contribution in [0.4, 0.5) is 0 Å². The van der Waals surface area contributed by atoms with Crippen molar-refractivity contribution in [2.75, 3.05) is 20.0 Å². The standard InChI is InChI=1S/C14H14ClN5O5S/c1-24-8-4-3-7(10(15)11(8)25-2)5-16-18-9(21)6-26-13-12(22)17-14(23)20-19-13/h3-5H,6H2,1-2H3,(H,18,21)(H2,17,20,22,23)/b16-5+. The highest BCUT2D eigenvalue weighted by atomic mass is 35.5. The number of aromatic nitrogens is 3. The van der Waals surface area contributed by atoms with Crippen LogP contribution in [-0.4, -0.2) is 47.3 Å². The van der Waals surface area contributed by atoms with Gasteiger partial charge in [-0.15, -0.1) is 0 Å². The zero-order valence-corrected chi connectivity index (χ0v) is 15.2. The van der Waals surface area contributed by atoms with Gasteiger partial charge in [0.15, 0.2) is 16.5 Å². The molecule has 0 unspecified atom stereocenters. The van der Waals surface area contributed by atoms with Gasteiger partial charge >= 0.3 is 5.69 Å². The first-order chi connectivity index (χ1) is 12.5. The van der Waals surface area contributed by atoms with E-state index in [2.05, 4.69) is 20.7 Å². The van der Waals surface area contributed by atoms with Gasteiger partial charge in [0.25, 0.3) is 5.56 Å². The van der Waals surface area contributed by atoms with Gasteiger partial charge in [0.05, 0.1) is 31.2 Å². The van der Waals surface area contributed by atoms with Crippen molar-refractivity contribution in [1.82, 2.24) is 20.6 Å². The molecule has 0 aliphatic carbocycles. The van der Waals surface area contributed by atoms with E-state index in [1.54, 1.807) is 12.1 Å². The lowest BCUT2D eigenvalue weighted by Crippen LogP contribution is -2.26. The average Bonchev–Trinajstić information content (AvgIpc) is 2.62. The van der Waals surface area contributed by atoms with Crippen LogP contribution in [0.25, 0.3) is 0 Å². The van der Waals surface area contributed by atoms with Crippen LogP contribution in [0.2, 0.25) is 5.02 Å². The summed E-state index contributed by atoms with van der Waals surface area (Å²) < 4.78 is 10.3. The normalized spacial score (nSPS) is 10.7. The van der Waals surface area contributed by atoms with Crippen molar-refractivity contribution in [3.8, 4) is 11.5 Å². The second kappa shape index (κ2) is 9.06. The third-order valence-corrected chi connectivity index (χ3v) is 4.27. The van der Waals surface area contributed by atoms with Crippen LogP contribution in [-0.2, 0) is 4.79 Å². The lowest BCUT2D eigenvalue weighted by atomic mass is 10.2. The maximum atomic E-state index is 11.8. The van der Waals surface area contributed by atoms with Crippen LogP contribution in [0, 0.1) is 0 Å². The molecule has 0 spiro atoms. The topological polar surface area (TPSA) is 139 Å². The van der Waals surface area contributed by atoms with E-state index in [9.17, 15) is 14.4 Å². The summed E-state index contributed by atoms with van der Waals surface area (Å²) in [5, 5.41) is 9.66. The fourth-order valence-corrected chi connectivity index (χ4v) is 2.69. The smallest absolute Gasteiger partial charge is 0.342 e. The number of benzene rings is 1. The predicted octanol–water partition coefficient (Wildman–Crippen LogP) is 0.371. The summed E-state index contributed by atoms with van der Waals surface area (Å²) in [4.78, 5) is 36.1. The zero-order valence-electron chi connectivity index (χ0n) is 13.7. The van der Waals surface area contributed by atoms with Crippen molar-refractivity contribution in [2.45, 2.75) is 5.03 Å². The molecule has 0 aliphatic heterocycles. The summed E-state index contributed by atoms with van der Waals surface area (Å²) in [6.45, 7) is 0. The third kappa shape index (κ3) is 4.86. The number of amides is 1.